The van der Waals surface area contributed by atoms with Gasteiger partial charge in [0.15, 0.2) is 5.38 Å². The molecule has 4 nitrogen and oxygen atoms in total. The minimum atomic E-state index is -1.01. The molecule has 2 rings (SSSR count). The van der Waals surface area contributed by atoms with Gasteiger partial charge in [0.1, 0.15) is 11.9 Å². The average Bonchev–Trinajstić information content (AvgIpc) is 2.63. The van der Waals surface area contributed by atoms with Crippen LogP contribution in [0.5, 0.6) is 5.75 Å². The predicted octanol–water partition coefficient (Wildman–Crippen LogP) is 6.20. The normalized spacial score (nSPS) is 13.1. The SMILES string of the molecule is COC(=O)C(Cl)COC(c1ccc(Cl)cc1Cl)c1c(Cl)cc(OC)cc1Cl. The van der Waals surface area contributed by atoms with Crippen LogP contribution in [0.2, 0.25) is 20.1 Å². The number of rotatable bonds is 7. The molecule has 0 radical (unpaired) electrons. The molecule has 146 valence electrons. The molecule has 2 aromatic rings. The van der Waals surface area contributed by atoms with Crippen LogP contribution in [0.3, 0.4) is 0 Å². The number of alkyl halides is 1. The summed E-state index contributed by atoms with van der Waals surface area (Å²) in [5, 5.41) is 0.400. The molecule has 2 aromatic carbocycles. The second-order valence-corrected chi connectivity index (χ2v) is 7.56. The van der Waals surface area contributed by atoms with Crippen molar-refractivity contribution < 1.29 is 19.0 Å². The minimum Gasteiger partial charge on any atom is -0.497 e. The van der Waals surface area contributed by atoms with Gasteiger partial charge >= 0.3 is 5.97 Å². The summed E-state index contributed by atoms with van der Waals surface area (Å²) in [5.74, 6) is -0.135. The maximum Gasteiger partial charge on any atom is 0.326 e. The van der Waals surface area contributed by atoms with Gasteiger partial charge in [0.05, 0.1) is 30.9 Å². The molecule has 0 bridgehead atoms. The third-order valence-corrected chi connectivity index (χ3v) is 5.15. The van der Waals surface area contributed by atoms with E-state index in [4.69, 9.17) is 67.5 Å². The van der Waals surface area contributed by atoms with Crippen molar-refractivity contribution in [2.45, 2.75) is 11.5 Å². The summed E-state index contributed by atoms with van der Waals surface area (Å²) in [6.45, 7) is -0.156. The van der Waals surface area contributed by atoms with E-state index in [0.29, 0.717) is 37.0 Å². The highest BCUT2D eigenvalue weighted by Gasteiger charge is 2.27. The standard InChI is InChI=1S/C18H15Cl5O4/c1-25-10-6-13(21)16(14(22)7-10)17(27-8-15(23)18(24)26-2)11-4-3-9(19)5-12(11)20/h3-7,15,17H,8H2,1-2H3. The van der Waals surface area contributed by atoms with Crippen molar-refractivity contribution in [2.24, 2.45) is 0 Å². The Labute approximate surface area is 182 Å². The van der Waals surface area contributed by atoms with Gasteiger partial charge in [-0.25, -0.2) is 0 Å². The number of carbonyl (C=O) groups excluding carboxylic acids is 1. The first kappa shape index (κ1) is 22.4. The molecule has 9 heteroatoms. The number of hydrogen-bond acceptors (Lipinski definition) is 4. The third-order valence-electron chi connectivity index (χ3n) is 3.66. The molecule has 0 N–H and O–H groups in total. The molecular formula is C18H15Cl5O4. The highest BCUT2D eigenvalue weighted by molar-refractivity contribution is 6.37. The Hall–Kier alpha value is -0.880. The zero-order valence-corrected chi connectivity index (χ0v) is 18.1. The van der Waals surface area contributed by atoms with Crippen molar-refractivity contribution in [1.29, 1.82) is 0 Å². The first-order chi connectivity index (χ1) is 12.8. The summed E-state index contributed by atoms with van der Waals surface area (Å²) >= 11 is 31.1. The predicted molar refractivity (Wildman–Crippen MR) is 109 cm³/mol. The second-order valence-electron chi connectivity index (χ2n) is 5.37. The van der Waals surface area contributed by atoms with Crippen LogP contribution in [0.4, 0.5) is 0 Å². The number of hydrogen-bond donors (Lipinski definition) is 0. The number of ether oxygens (including phenoxy) is 3. The summed E-state index contributed by atoms with van der Waals surface area (Å²) in [6.07, 6.45) is -0.799. The van der Waals surface area contributed by atoms with Crippen LogP contribution in [-0.4, -0.2) is 32.2 Å². The molecule has 0 aliphatic heterocycles. The van der Waals surface area contributed by atoms with Crippen molar-refractivity contribution in [3.63, 3.8) is 0 Å². The second kappa shape index (κ2) is 10.1. The number of carbonyl (C=O) groups is 1. The van der Waals surface area contributed by atoms with E-state index in [2.05, 4.69) is 4.74 Å². The van der Waals surface area contributed by atoms with Gasteiger partial charge < -0.3 is 14.2 Å². The van der Waals surface area contributed by atoms with E-state index < -0.39 is 17.5 Å². The molecule has 27 heavy (non-hydrogen) atoms. The summed E-state index contributed by atoms with van der Waals surface area (Å²) < 4.78 is 15.7. The van der Waals surface area contributed by atoms with E-state index >= 15 is 0 Å². The fraction of sp³-hybridized carbons (Fsp3) is 0.278. The topological polar surface area (TPSA) is 44.8 Å². The van der Waals surface area contributed by atoms with Gasteiger partial charge in [-0.1, -0.05) is 52.5 Å². The van der Waals surface area contributed by atoms with Crippen LogP contribution in [0.25, 0.3) is 0 Å². The fourth-order valence-electron chi connectivity index (χ4n) is 2.35. The van der Waals surface area contributed by atoms with Crippen molar-refractivity contribution in [1.82, 2.24) is 0 Å². The van der Waals surface area contributed by atoms with Gasteiger partial charge in [0.2, 0.25) is 0 Å². The average molecular weight is 473 g/mol. The van der Waals surface area contributed by atoms with Crippen molar-refractivity contribution in [2.75, 3.05) is 20.8 Å². The Balaban J connectivity index is 2.48. The quantitative estimate of drug-likeness (QED) is 0.356. The minimum absolute atomic E-state index is 0.156. The van der Waals surface area contributed by atoms with Crippen LogP contribution >= 0.6 is 58.0 Å². The van der Waals surface area contributed by atoms with E-state index in [-0.39, 0.29) is 6.61 Å². The third kappa shape index (κ3) is 5.57. The summed E-state index contributed by atoms with van der Waals surface area (Å²) in [4.78, 5) is 11.6. The van der Waals surface area contributed by atoms with Gasteiger partial charge in [-0.05, 0) is 24.3 Å². The van der Waals surface area contributed by atoms with E-state index in [0.717, 1.165) is 0 Å². The molecule has 0 spiro atoms. The van der Waals surface area contributed by atoms with Gasteiger partial charge in [-0.3, -0.25) is 4.79 Å². The fourth-order valence-corrected chi connectivity index (χ4v) is 3.68. The number of benzene rings is 2. The lowest BCUT2D eigenvalue weighted by atomic mass is 10.0. The molecule has 2 atom stereocenters. The Kier molecular flexibility index (Phi) is 8.35. The van der Waals surface area contributed by atoms with Gasteiger partial charge in [0, 0.05) is 21.2 Å². The van der Waals surface area contributed by atoms with E-state index in [1.807, 2.05) is 0 Å². The first-order valence-electron chi connectivity index (χ1n) is 7.59. The summed E-state index contributed by atoms with van der Waals surface area (Å²) in [7, 11) is 2.74. The van der Waals surface area contributed by atoms with Crippen molar-refractivity contribution in [3.8, 4) is 5.75 Å². The molecule has 0 saturated heterocycles. The lowest BCUT2D eigenvalue weighted by Crippen LogP contribution is -2.23. The van der Waals surface area contributed by atoms with E-state index in [1.165, 1.54) is 14.2 Å². The van der Waals surface area contributed by atoms with E-state index in [9.17, 15) is 4.79 Å². The molecule has 2 unspecified atom stereocenters. The number of esters is 1. The van der Waals surface area contributed by atoms with Gasteiger partial charge in [-0.15, -0.1) is 11.6 Å². The lowest BCUT2D eigenvalue weighted by Gasteiger charge is -2.23. The largest absolute Gasteiger partial charge is 0.497 e. The Morgan fingerprint density at radius 3 is 2.15 bits per heavy atom. The van der Waals surface area contributed by atoms with Crippen molar-refractivity contribution in [3.05, 3.63) is 61.5 Å². The molecule has 0 aromatic heterocycles. The van der Waals surface area contributed by atoms with Crippen LogP contribution < -0.4 is 4.74 Å². The van der Waals surface area contributed by atoms with Crippen LogP contribution in [0.1, 0.15) is 17.2 Å². The summed E-state index contributed by atoms with van der Waals surface area (Å²) in [6, 6.07) is 8.11. The smallest absolute Gasteiger partial charge is 0.326 e. The van der Waals surface area contributed by atoms with Gasteiger partial charge in [-0.2, -0.15) is 0 Å². The zero-order chi connectivity index (χ0) is 20.1. The maximum absolute atomic E-state index is 11.6. The Morgan fingerprint density at radius 1 is 1.00 bits per heavy atom. The number of halogens is 5. The molecule has 0 saturated carbocycles. The Bertz CT molecular complexity index is 804. The molecule has 0 aliphatic rings. The monoisotopic (exact) mass is 470 g/mol. The molecule has 0 aliphatic carbocycles. The zero-order valence-electron chi connectivity index (χ0n) is 14.3. The van der Waals surface area contributed by atoms with Crippen LogP contribution in [-0.2, 0) is 14.3 Å². The molecular weight excluding hydrogens is 457 g/mol. The van der Waals surface area contributed by atoms with E-state index in [1.54, 1.807) is 30.3 Å². The van der Waals surface area contributed by atoms with Crippen LogP contribution in [0, 0.1) is 0 Å². The van der Waals surface area contributed by atoms with Gasteiger partial charge in [0.25, 0.3) is 0 Å². The molecule has 0 amide bonds. The summed E-state index contributed by atoms with van der Waals surface area (Å²) in [5.41, 5.74) is 1.01. The van der Waals surface area contributed by atoms with Crippen molar-refractivity contribution >= 4 is 64.0 Å². The highest BCUT2D eigenvalue weighted by atomic mass is 35.5. The first-order valence-corrected chi connectivity index (χ1v) is 9.54. The lowest BCUT2D eigenvalue weighted by molar-refractivity contribution is -0.141. The maximum atomic E-state index is 11.6. The Morgan fingerprint density at radius 2 is 1.63 bits per heavy atom. The highest BCUT2D eigenvalue weighted by Crippen LogP contribution is 2.41. The molecule has 0 heterocycles. The molecule has 0 fully saturated rings. The van der Waals surface area contributed by atoms with Crippen LogP contribution in [0.15, 0.2) is 30.3 Å². The number of methoxy groups -OCH3 is 2.